The third-order valence-electron chi connectivity index (χ3n) is 3.93. The van der Waals surface area contributed by atoms with E-state index in [0.717, 1.165) is 5.69 Å². The molecule has 0 bridgehead atoms. The molecule has 0 spiro atoms. The maximum atomic E-state index is 12.5. The van der Waals surface area contributed by atoms with Crippen LogP contribution in [0, 0.1) is 0 Å². The SMILES string of the molecule is CC(C)c1ccc(S(=O)(=O)N[Si](C)(C)C(C)(C)C)cn1. The molecule has 114 valence electrons. The first-order valence-electron chi connectivity index (χ1n) is 6.87. The van der Waals surface area contributed by atoms with E-state index < -0.39 is 18.3 Å². The molecule has 0 radical (unpaired) electrons. The van der Waals surface area contributed by atoms with Crippen LogP contribution in [0.2, 0.25) is 18.1 Å². The first kappa shape index (κ1) is 17.3. The minimum absolute atomic E-state index is 0.0502. The van der Waals surface area contributed by atoms with Crippen molar-refractivity contribution in [2.24, 2.45) is 0 Å². The molecule has 4 nitrogen and oxygen atoms in total. The third-order valence-corrected chi connectivity index (χ3v) is 11.7. The predicted molar refractivity (Wildman–Crippen MR) is 85.8 cm³/mol. The van der Waals surface area contributed by atoms with Crippen molar-refractivity contribution in [3.8, 4) is 0 Å². The molecule has 1 N–H and O–H groups in total. The maximum absolute atomic E-state index is 12.5. The Balaban J connectivity index is 3.06. The lowest BCUT2D eigenvalue weighted by Gasteiger charge is -2.36. The van der Waals surface area contributed by atoms with E-state index in [-0.39, 0.29) is 9.93 Å². The van der Waals surface area contributed by atoms with Gasteiger partial charge in [0.25, 0.3) is 0 Å². The molecule has 0 aliphatic rings. The molecule has 0 saturated carbocycles. The Bertz CT molecular complexity index is 558. The van der Waals surface area contributed by atoms with Crippen LogP contribution >= 0.6 is 0 Å². The van der Waals surface area contributed by atoms with Crippen LogP contribution in [-0.4, -0.2) is 21.6 Å². The van der Waals surface area contributed by atoms with Crippen molar-refractivity contribution in [2.75, 3.05) is 0 Å². The number of pyridine rings is 1. The summed E-state index contributed by atoms with van der Waals surface area (Å²) in [6, 6.07) is 3.42. The second-order valence-electron chi connectivity index (χ2n) is 7.05. The second-order valence-corrected chi connectivity index (χ2v) is 14.1. The molecular weight excluding hydrogens is 288 g/mol. The Kier molecular flexibility index (Phi) is 4.83. The van der Waals surface area contributed by atoms with Gasteiger partial charge < -0.3 is 0 Å². The topological polar surface area (TPSA) is 59.1 Å². The predicted octanol–water partition coefficient (Wildman–Crippen LogP) is 3.49. The Hall–Kier alpha value is -0.723. The van der Waals surface area contributed by atoms with E-state index in [2.05, 4.69) is 30.1 Å². The summed E-state index contributed by atoms with van der Waals surface area (Å²) >= 11 is 0. The van der Waals surface area contributed by atoms with Crippen molar-refractivity contribution in [1.82, 2.24) is 9.37 Å². The highest BCUT2D eigenvalue weighted by Crippen LogP contribution is 2.34. The quantitative estimate of drug-likeness (QED) is 0.865. The van der Waals surface area contributed by atoms with E-state index in [1.807, 2.05) is 26.9 Å². The number of sulfonamides is 1. The van der Waals surface area contributed by atoms with Crippen molar-refractivity contribution < 1.29 is 8.42 Å². The highest BCUT2D eigenvalue weighted by Gasteiger charge is 2.39. The van der Waals surface area contributed by atoms with Crippen LogP contribution in [0.5, 0.6) is 0 Å². The van der Waals surface area contributed by atoms with Crippen LogP contribution in [0.25, 0.3) is 0 Å². The second kappa shape index (κ2) is 5.58. The smallest absolute Gasteiger partial charge is 0.236 e. The van der Waals surface area contributed by atoms with Crippen LogP contribution in [-0.2, 0) is 10.0 Å². The van der Waals surface area contributed by atoms with Gasteiger partial charge in [-0.25, -0.2) is 12.8 Å². The number of hydrogen-bond donors (Lipinski definition) is 1. The van der Waals surface area contributed by atoms with Crippen molar-refractivity contribution in [3.63, 3.8) is 0 Å². The molecule has 1 aromatic rings. The van der Waals surface area contributed by atoms with E-state index in [4.69, 9.17) is 0 Å². The molecular formula is C14H26N2O2SSi. The first-order valence-corrected chi connectivity index (χ1v) is 11.3. The number of hydrogen-bond acceptors (Lipinski definition) is 3. The summed E-state index contributed by atoms with van der Waals surface area (Å²) in [7, 11) is -5.62. The molecule has 0 amide bonds. The number of nitrogens with one attached hydrogen (secondary N) is 1. The van der Waals surface area contributed by atoms with Gasteiger partial charge in [0.05, 0.1) is 4.90 Å². The van der Waals surface area contributed by atoms with Crippen molar-refractivity contribution in [2.45, 2.75) is 63.6 Å². The summed E-state index contributed by atoms with van der Waals surface area (Å²) in [5.41, 5.74) is 0.899. The average molecular weight is 315 g/mol. The summed E-state index contributed by atoms with van der Waals surface area (Å²) in [4.78, 5) is 4.48. The Morgan fingerprint density at radius 3 is 2.10 bits per heavy atom. The normalized spacial score (nSPS) is 13.8. The number of nitrogens with zero attached hydrogens (tertiary/aromatic N) is 1. The molecule has 0 fully saturated rings. The van der Waals surface area contributed by atoms with Gasteiger partial charge in [0.1, 0.15) is 8.24 Å². The monoisotopic (exact) mass is 314 g/mol. The Labute approximate surface area is 124 Å². The molecule has 1 heterocycles. The minimum Gasteiger partial charge on any atom is -0.260 e. The Morgan fingerprint density at radius 2 is 1.75 bits per heavy atom. The fourth-order valence-electron chi connectivity index (χ4n) is 1.44. The fourth-order valence-corrected chi connectivity index (χ4v) is 6.26. The van der Waals surface area contributed by atoms with Gasteiger partial charge in [-0.1, -0.05) is 47.7 Å². The lowest BCUT2D eigenvalue weighted by atomic mass is 10.1. The van der Waals surface area contributed by atoms with Crippen molar-refractivity contribution >= 4 is 18.3 Å². The largest absolute Gasteiger partial charge is 0.260 e. The summed E-state index contributed by atoms with van der Waals surface area (Å²) in [6.45, 7) is 14.3. The van der Waals surface area contributed by atoms with E-state index in [0.29, 0.717) is 5.92 Å². The van der Waals surface area contributed by atoms with Gasteiger partial charge in [-0.05, 0) is 23.1 Å². The molecule has 1 rings (SSSR count). The lowest BCUT2D eigenvalue weighted by Crippen LogP contribution is -2.54. The zero-order valence-electron chi connectivity index (χ0n) is 13.5. The van der Waals surface area contributed by atoms with Gasteiger partial charge in [-0.15, -0.1) is 0 Å². The molecule has 0 saturated heterocycles. The molecule has 0 aliphatic heterocycles. The van der Waals surface area contributed by atoms with Gasteiger partial charge >= 0.3 is 0 Å². The zero-order valence-corrected chi connectivity index (χ0v) is 15.3. The summed E-state index contributed by atoms with van der Waals surface area (Å²) in [6.07, 6.45) is 1.45. The highest BCUT2D eigenvalue weighted by atomic mass is 32.2. The third kappa shape index (κ3) is 3.90. The average Bonchev–Trinajstić information content (AvgIpc) is 2.26. The first-order chi connectivity index (χ1) is 8.87. The standard InChI is InChI=1S/C14H26N2O2SSi/c1-11(2)13-9-8-12(10-15-13)19(17,18)16-20(6,7)14(3,4)5/h8-11,16H,1-7H3. The molecule has 20 heavy (non-hydrogen) atoms. The van der Waals surface area contributed by atoms with Crippen molar-refractivity contribution in [3.05, 3.63) is 24.0 Å². The van der Waals surface area contributed by atoms with Gasteiger partial charge in [-0.2, -0.15) is 0 Å². The van der Waals surface area contributed by atoms with E-state index in [9.17, 15) is 8.42 Å². The molecule has 0 atom stereocenters. The van der Waals surface area contributed by atoms with Crippen LogP contribution in [0.15, 0.2) is 23.2 Å². The highest BCUT2D eigenvalue weighted by molar-refractivity contribution is 7.91. The summed E-state index contributed by atoms with van der Waals surface area (Å²) in [5.74, 6) is 0.292. The zero-order chi connectivity index (χ0) is 15.8. The van der Waals surface area contributed by atoms with Gasteiger partial charge in [0, 0.05) is 11.9 Å². The lowest BCUT2D eigenvalue weighted by molar-refractivity contribution is 0.588. The van der Waals surface area contributed by atoms with E-state index in [1.54, 1.807) is 12.1 Å². The summed E-state index contributed by atoms with van der Waals surface area (Å²) < 4.78 is 27.8. The number of aromatic nitrogens is 1. The van der Waals surface area contributed by atoms with Crippen LogP contribution < -0.4 is 4.39 Å². The minimum atomic E-state index is -3.49. The van der Waals surface area contributed by atoms with Gasteiger partial charge in [-0.3, -0.25) is 4.98 Å². The van der Waals surface area contributed by atoms with Gasteiger partial charge in [0.2, 0.25) is 10.0 Å². The number of rotatable bonds is 4. The van der Waals surface area contributed by atoms with Gasteiger partial charge in [0.15, 0.2) is 0 Å². The molecule has 1 aromatic heterocycles. The van der Waals surface area contributed by atoms with E-state index >= 15 is 0 Å². The Morgan fingerprint density at radius 1 is 1.20 bits per heavy atom. The van der Waals surface area contributed by atoms with Crippen LogP contribution in [0.4, 0.5) is 0 Å². The molecule has 0 aromatic carbocycles. The van der Waals surface area contributed by atoms with Crippen LogP contribution in [0.1, 0.15) is 46.2 Å². The van der Waals surface area contributed by atoms with Crippen molar-refractivity contribution in [1.29, 1.82) is 0 Å². The summed E-state index contributed by atoms with van der Waals surface area (Å²) in [5, 5.41) is -0.0502. The maximum Gasteiger partial charge on any atom is 0.236 e. The molecule has 0 unspecified atom stereocenters. The molecule has 6 heteroatoms. The van der Waals surface area contributed by atoms with Crippen LogP contribution in [0.3, 0.4) is 0 Å². The molecule has 0 aliphatic carbocycles. The fraction of sp³-hybridized carbons (Fsp3) is 0.643. The van der Waals surface area contributed by atoms with E-state index in [1.165, 1.54) is 6.20 Å².